The van der Waals surface area contributed by atoms with E-state index in [0.717, 1.165) is 0 Å². The Kier molecular flexibility index (Phi) is 6.44. The average Bonchev–Trinajstić information content (AvgIpc) is 2.84. The zero-order valence-corrected chi connectivity index (χ0v) is 18.2. The monoisotopic (exact) mass is 434 g/mol. The molecule has 2 aliphatic heterocycles. The second-order valence-electron chi connectivity index (χ2n) is 8.86. The van der Waals surface area contributed by atoms with Crippen molar-refractivity contribution >= 4 is 11.8 Å². The van der Waals surface area contributed by atoms with Crippen LogP contribution in [-0.4, -0.2) is 69.2 Å². The van der Waals surface area contributed by atoms with Crippen LogP contribution < -0.4 is 0 Å². The van der Waals surface area contributed by atoms with Crippen LogP contribution in [0.1, 0.15) is 46.4 Å². The van der Waals surface area contributed by atoms with Crippen LogP contribution in [0.5, 0.6) is 0 Å². The van der Waals surface area contributed by atoms with Crippen LogP contribution in [0.2, 0.25) is 0 Å². The summed E-state index contributed by atoms with van der Waals surface area (Å²) in [5.74, 6) is -0.0450. The summed E-state index contributed by atoms with van der Waals surface area (Å²) in [7, 11) is 0. The Morgan fingerprint density at radius 2 is 0.938 bits per heavy atom. The molecule has 2 aromatic carbocycles. The number of amides is 2. The Morgan fingerprint density at radius 1 is 0.625 bits per heavy atom. The van der Waals surface area contributed by atoms with E-state index in [4.69, 9.17) is 0 Å². The molecule has 0 radical (unpaired) electrons. The van der Waals surface area contributed by atoms with E-state index in [9.17, 15) is 19.8 Å². The van der Waals surface area contributed by atoms with Crippen molar-refractivity contribution < 1.29 is 19.8 Å². The molecule has 32 heavy (non-hydrogen) atoms. The van der Waals surface area contributed by atoms with Gasteiger partial charge in [-0.1, -0.05) is 48.6 Å². The zero-order chi connectivity index (χ0) is 22.6. The Labute approximate surface area is 188 Å². The first-order valence-electron chi connectivity index (χ1n) is 11.2. The number of nitrogens with zero attached hydrogens (tertiary/aromatic N) is 2. The quantitative estimate of drug-likeness (QED) is 0.725. The maximum atomic E-state index is 12.6. The van der Waals surface area contributed by atoms with E-state index < -0.39 is 11.2 Å². The first-order chi connectivity index (χ1) is 15.4. The van der Waals surface area contributed by atoms with Crippen molar-refractivity contribution in [3.8, 4) is 0 Å². The van der Waals surface area contributed by atoms with Crippen molar-refractivity contribution in [1.82, 2.24) is 9.80 Å². The molecule has 0 aliphatic carbocycles. The van der Waals surface area contributed by atoms with Crippen LogP contribution in [0.25, 0.3) is 0 Å². The third-order valence-electron chi connectivity index (χ3n) is 6.58. The van der Waals surface area contributed by atoms with E-state index in [1.165, 1.54) is 0 Å². The second kappa shape index (κ2) is 9.27. The van der Waals surface area contributed by atoms with Gasteiger partial charge in [0.1, 0.15) is 0 Å². The van der Waals surface area contributed by atoms with Crippen molar-refractivity contribution in [2.75, 3.05) is 26.2 Å². The molecule has 0 saturated carbocycles. The standard InChI is InChI=1S/C26H30N2O4/c29-23(21-7-3-1-4-8-21)27-17-13-25(31,14-18-27)11-12-26(32)15-19-28(20-16-26)24(30)22-9-5-2-6-10-22/h1-12,31-32H,13-20H2/b12-11-. The predicted molar refractivity (Wildman–Crippen MR) is 122 cm³/mol. The third kappa shape index (κ3) is 5.09. The molecule has 2 amide bonds. The lowest BCUT2D eigenvalue weighted by Crippen LogP contribution is -2.47. The number of carbonyl (C=O) groups is 2. The summed E-state index contributed by atoms with van der Waals surface area (Å²) >= 11 is 0. The topological polar surface area (TPSA) is 81.1 Å². The molecule has 168 valence electrons. The van der Waals surface area contributed by atoms with E-state index in [1.807, 2.05) is 36.4 Å². The number of piperidine rings is 2. The molecular formula is C26H30N2O4. The van der Waals surface area contributed by atoms with Crippen LogP contribution in [-0.2, 0) is 0 Å². The van der Waals surface area contributed by atoms with E-state index in [1.54, 1.807) is 46.2 Å². The minimum Gasteiger partial charge on any atom is -0.386 e. The highest BCUT2D eigenvalue weighted by molar-refractivity contribution is 5.94. The average molecular weight is 435 g/mol. The lowest BCUT2D eigenvalue weighted by molar-refractivity contribution is 0.00631. The highest BCUT2D eigenvalue weighted by Gasteiger charge is 2.36. The van der Waals surface area contributed by atoms with Crippen LogP contribution in [0, 0.1) is 0 Å². The van der Waals surface area contributed by atoms with Crippen LogP contribution in [0.3, 0.4) is 0 Å². The van der Waals surface area contributed by atoms with Crippen LogP contribution >= 0.6 is 0 Å². The number of carbonyl (C=O) groups excluding carboxylic acids is 2. The summed E-state index contributed by atoms with van der Waals surface area (Å²) in [4.78, 5) is 28.7. The molecule has 2 fully saturated rings. The fourth-order valence-electron chi connectivity index (χ4n) is 4.36. The molecule has 2 heterocycles. The molecule has 0 atom stereocenters. The van der Waals surface area contributed by atoms with Crippen LogP contribution in [0.4, 0.5) is 0 Å². The molecule has 2 saturated heterocycles. The summed E-state index contributed by atoms with van der Waals surface area (Å²) in [6.07, 6.45) is 5.11. The number of benzene rings is 2. The summed E-state index contributed by atoms with van der Waals surface area (Å²) in [6, 6.07) is 18.3. The van der Waals surface area contributed by atoms with Crippen molar-refractivity contribution in [2.24, 2.45) is 0 Å². The summed E-state index contributed by atoms with van der Waals surface area (Å²) in [6.45, 7) is 1.86. The smallest absolute Gasteiger partial charge is 0.253 e. The number of aliphatic hydroxyl groups is 2. The molecule has 0 bridgehead atoms. The minimum atomic E-state index is -1.04. The van der Waals surface area contributed by atoms with Gasteiger partial charge in [-0.3, -0.25) is 9.59 Å². The maximum Gasteiger partial charge on any atom is 0.253 e. The molecule has 2 N–H and O–H groups in total. The second-order valence-corrected chi connectivity index (χ2v) is 8.86. The highest BCUT2D eigenvalue weighted by atomic mass is 16.3. The van der Waals surface area contributed by atoms with Gasteiger partial charge in [-0.2, -0.15) is 0 Å². The molecule has 0 spiro atoms. The first kappa shape index (κ1) is 22.2. The van der Waals surface area contributed by atoms with E-state index in [0.29, 0.717) is 63.0 Å². The molecule has 4 rings (SSSR count). The normalized spacial score (nSPS) is 20.3. The Hall–Kier alpha value is -2.96. The van der Waals surface area contributed by atoms with Gasteiger partial charge in [0.05, 0.1) is 11.2 Å². The SMILES string of the molecule is O=C(c1ccccc1)N1CCC(O)(/C=C\C2(O)CCN(C(=O)c3ccccc3)CC2)CC1. The molecule has 6 nitrogen and oxygen atoms in total. The van der Waals surface area contributed by atoms with E-state index >= 15 is 0 Å². The van der Waals surface area contributed by atoms with Gasteiger partial charge in [-0.25, -0.2) is 0 Å². The van der Waals surface area contributed by atoms with Crippen molar-refractivity contribution in [3.05, 3.63) is 83.9 Å². The number of hydrogen-bond donors (Lipinski definition) is 2. The van der Waals surface area contributed by atoms with Gasteiger partial charge in [-0.15, -0.1) is 0 Å². The van der Waals surface area contributed by atoms with Gasteiger partial charge in [0, 0.05) is 37.3 Å². The lowest BCUT2D eigenvalue weighted by atomic mass is 9.85. The van der Waals surface area contributed by atoms with E-state index in [2.05, 4.69) is 0 Å². The molecular weight excluding hydrogens is 404 g/mol. The summed E-state index contributed by atoms with van der Waals surface area (Å²) < 4.78 is 0. The maximum absolute atomic E-state index is 12.6. The lowest BCUT2D eigenvalue weighted by Gasteiger charge is -2.39. The minimum absolute atomic E-state index is 0.0225. The van der Waals surface area contributed by atoms with E-state index in [-0.39, 0.29) is 11.8 Å². The van der Waals surface area contributed by atoms with Gasteiger partial charge < -0.3 is 20.0 Å². The predicted octanol–water partition coefficient (Wildman–Crippen LogP) is 2.88. The summed E-state index contributed by atoms with van der Waals surface area (Å²) in [5.41, 5.74) is -0.778. The van der Waals surface area contributed by atoms with Crippen molar-refractivity contribution in [3.63, 3.8) is 0 Å². The van der Waals surface area contributed by atoms with Gasteiger partial charge in [0.25, 0.3) is 11.8 Å². The first-order valence-corrected chi connectivity index (χ1v) is 11.2. The molecule has 2 aliphatic rings. The van der Waals surface area contributed by atoms with Crippen molar-refractivity contribution in [1.29, 1.82) is 0 Å². The molecule has 0 unspecified atom stereocenters. The molecule has 2 aromatic rings. The zero-order valence-electron chi connectivity index (χ0n) is 18.2. The number of likely N-dealkylation sites (tertiary alicyclic amines) is 2. The summed E-state index contributed by atoms with van der Waals surface area (Å²) in [5, 5.41) is 21.9. The third-order valence-corrected chi connectivity index (χ3v) is 6.58. The number of hydrogen-bond acceptors (Lipinski definition) is 4. The molecule has 6 heteroatoms. The fraction of sp³-hybridized carbons (Fsp3) is 0.385. The Balaban J connectivity index is 1.30. The van der Waals surface area contributed by atoms with Gasteiger partial charge in [-0.05, 0) is 49.9 Å². The Morgan fingerprint density at radius 3 is 1.25 bits per heavy atom. The highest BCUT2D eigenvalue weighted by Crippen LogP contribution is 2.29. The van der Waals surface area contributed by atoms with Crippen molar-refractivity contribution in [2.45, 2.75) is 36.9 Å². The van der Waals surface area contributed by atoms with Gasteiger partial charge in [0.2, 0.25) is 0 Å². The Bertz CT molecular complexity index is 878. The van der Waals surface area contributed by atoms with Gasteiger partial charge in [0.15, 0.2) is 0 Å². The number of rotatable bonds is 4. The fourth-order valence-corrected chi connectivity index (χ4v) is 4.36. The van der Waals surface area contributed by atoms with Gasteiger partial charge >= 0.3 is 0 Å². The largest absolute Gasteiger partial charge is 0.386 e. The van der Waals surface area contributed by atoms with Crippen LogP contribution in [0.15, 0.2) is 72.8 Å². The molecule has 0 aromatic heterocycles.